The van der Waals surface area contributed by atoms with Crippen LogP contribution in [0.5, 0.6) is 0 Å². The number of hydrogen-bond acceptors (Lipinski definition) is 6. The van der Waals surface area contributed by atoms with E-state index in [1.807, 2.05) is 0 Å². The lowest BCUT2D eigenvalue weighted by Crippen LogP contribution is -2.58. The molecule has 2 fully saturated rings. The maximum atomic E-state index is 12.8. The largest absolute Gasteiger partial charge is 0.333 e. The maximum Gasteiger partial charge on any atom is 0.243 e. The highest BCUT2D eigenvalue weighted by Gasteiger charge is 2.38. The predicted molar refractivity (Wildman–Crippen MR) is 85.7 cm³/mol. The van der Waals surface area contributed by atoms with Gasteiger partial charge in [-0.3, -0.25) is 9.59 Å². The van der Waals surface area contributed by atoms with Crippen molar-refractivity contribution in [1.82, 2.24) is 15.1 Å². The minimum absolute atomic E-state index is 0.0332. The van der Waals surface area contributed by atoms with Gasteiger partial charge in [-0.05, 0) is 17.9 Å². The molecule has 23 heavy (non-hydrogen) atoms. The van der Waals surface area contributed by atoms with Crippen LogP contribution in [-0.2, 0) is 19.4 Å². The third-order valence-electron chi connectivity index (χ3n) is 4.20. The Balaban J connectivity index is 1.78. The average molecular weight is 357 g/mol. The van der Waals surface area contributed by atoms with E-state index in [9.17, 15) is 18.0 Å². The van der Waals surface area contributed by atoms with Gasteiger partial charge in [0.2, 0.25) is 21.7 Å². The molecule has 1 atom stereocenters. The summed E-state index contributed by atoms with van der Waals surface area (Å²) in [5, 5.41) is 5.41. The lowest BCUT2D eigenvalue weighted by Gasteiger charge is -2.36. The number of sulfone groups is 1. The van der Waals surface area contributed by atoms with E-state index in [-0.39, 0.29) is 29.8 Å². The van der Waals surface area contributed by atoms with Gasteiger partial charge in [0.1, 0.15) is 0 Å². The zero-order valence-corrected chi connectivity index (χ0v) is 14.2. The standard InChI is InChI=1S/C14H19N3O4S2/c18-12-2-1-5-16(12)9-13(19)17-6-4-15-8-14(17)23(20,21)11-3-7-22-10-11/h3,7,10,14-15H,1-2,4-6,8-9H2. The molecule has 0 aromatic carbocycles. The van der Waals surface area contributed by atoms with Crippen molar-refractivity contribution in [1.29, 1.82) is 0 Å². The number of amides is 2. The number of likely N-dealkylation sites (tertiary alicyclic amines) is 1. The first-order chi connectivity index (χ1) is 11.0. The molecule has 1 aromatic rings. The van der Waals surface area contributed by atoms with Gasteiger partial charge in [-0.2, -0.15) is 11.3 Å². The number of piperazine rings is 1. The molecule has 2 aliphatic rings. The number of hydrogen-bond donors (Lipinski definition) is 1. The molecule has 0 saturated carbocycles. The first-order valence-corrected chi connectivity index (χ1v) is 10.0. The van der Waals surface area contributed by atoms with Crippen LogP contribution in [0.15, 0.2) is 21.7 Å². The van der Waals surface area contributed by atoms with E-state index in [2.05, 4.69) is 5.32 Å². The quantitative estimate of drug-likeness (QED) is 0.813. The molecule has 0 spiro atoms. The van der Waals surface area contributed by atoms with Gasteiger partial charge in [0, 0.05) is 38.0 Å². The fourth-order valence-corrected chi connectivity index (χ4v) is 5.71. The summed E-state index contributed by atoms with van der Waals surface area (Å²) in [6.07, 6.45) is 1.22. The van der Waals surface area contributed by atoms with Crippen LogP contribution in [0.1, 0.15) is 12.8 Å². The molecule has 0 bridgehead atoms. The smallest absolute Gasteiger partial charge is 0.243 e. The Morgan fingerprint density at radius 1 is 1.39 bits per heavy atom. The summed E-state index contributed by atoms with van der Waals surface area (Å²) in [6.45, 7) is 1.62. The summed E-state index contributed by atoms with van der Waals surface area (Å²) in [5.74, 6) is -0.337. The van der Waals surface area contributed by atoms with E-state index in [1.165, 1.54) is 21.1 Å². The van der Waals surface area contributed by atoms with Gasteiger partial charge in [0.25, 0.3) is 0 Å². The van der Waals surface area contributed by atoms with E-state index in [0.717, 1.165) is 6.42 Å². The molecule has 7 nitrogen and oxygen atoms in total. The van der Waals surface area contributed by atoms with Crippen LogP contribution in [0.4, 0.5) is 0 Å². The van der Waals surface area contributed by atoms with E-state index in [0.29, 0.717) is 26.1 Å². The zero-order valence-electron chi connectivity index (χ0n) is 12.6. The minimum Gasteiger partial charge on any atom is -0.333 e. The number of nitrogens with one attached hydrogen (secondary N) is 1. The molecule has 1 unspecified atom stereocenters. The third-order valence-corrected chi connectivity index (χ3v) is 7.08. The van der Waals surface area contributed by atoms with E-state index >= 15 is 0 Å². The molecule has 2 amide bonds. The Morgan fingerprint density at radius 2 is 2.22 bits per heavy atom. The van der Waals surface area contributed by atoms with E-state index < -0.39 is 15.2 Å². The molecule has 126 valence electrons. The van der Waals surface area contributed by atoms with Gasteiger partial charge in [0.15, 0.2) is 5.37 Å². The number of thiophene rings is 1. The summed E-state index contributed by atoms with van der Waals surface area (Å²) in [5.41, 5.74) is 0. The van der Waals surface area contributed by atoms with Crippen LogP contribution in [0.2, 0.25) is 0 Å². The fraction of sp³-hybridized carbons (Fsp3) is 0.571. The molecule has 1 N–H and O–H groups in total. The van der Waals surface area contributed by atoms with E-state index in [4.69, 9.17) is 0 Å². The first kappa shape index (κ1) is 16.4. The predicted octanol–water partition coefficient (Wildman–Crippen LogP) is -0.0979. The van der Waals surface area contributed by atoms with Gasteiger partial charge in [-0.15, -0.1) is 0 Å². The molecule has 0 aliphatic carbocycles. The van der Waals surface area contributed by atoms with Crippen molar-refractivity contribution in [2.24, 2.45) is 0 Å². The van der Waals surface area contributed by atoms with Crippen molar-refractivity contribution in [3.63, 3.8) is 0 Å². The van der Waals surface area contributed by atoms with Crippen molar-refractivity contribution in [3.8, 4) is 0 Å². The highest BCUT2D eigenvalue weighted by atomic mass is 32.2. The molecular formula is C14H19N3O4S2. The monoisotopic (exact) mass is 357 g/mol. The average Bonchev–Trinajstić information content (AvgIpc) is 3.20. The number of nitrogens with zero attached hydrogens (tertiary/aromatic N) is 2. The Kier molecular flexibility index (Phi) is 4.69. The lowest BCUT2D eigenvalue weighted by atomic mass is 10.3. The summed E-state index contributed by atoms with van der Waals surface area (Å²) in [7, 11) is -3.61. The van der Waals surface area contributed by atoms with Crippen LogP contribution in [0.3, 0.4) is 0 Å². The Morgan fingerprint density at radius 3 is 2.87 bits per heavy atom. The minimum atomic E-state index is -3.61. The van der Waals surface area contributed by atoms with Crippen molar-refractivity contribution in [3.05, 3.63) is 16.8 Å². The van der Waals surface area contributed by atoms with Crippen LogP contribution in [-0.4, -0.2) is 68.1 Å². The summed E-state index contributed by atoms with van der Waals surface area (Å²) in [6, 6.07) is 1.56. The normalized spacial score (nSPS) is 22.6. The molecule has 2 aliphatic heterocycles. The van der Waals surface area contributed by atoms with Gasteiger partial charge in [0.05, 0.1) is 11.4 Å². The number of rotatable bonds is 4. The van der Waals surface area contributed by atoms with Gasteiger partial charge in [-0.25, -0.2) is 8.42 Å². The Bertz CT molecular complexity index is 687. The van der Waals surface area contributed by atoms with Gasteiger partial charge >= 0.3 is 0 Å². The van der Waals surface area contributed by atoms with Gasteiger partial charge in [-0.1, -0.05) is 0 Å². The first-order valence-electron chi connectivity index (χ1n) is 7.54. The summed E-state index contributed by atoms with van der Waals surface area (Å²) in [4.78, 5) is 27.4. The summed E-state index contributed by atoms with van der Waals surface area (Å²) >= 11 is 1.31. The molecule has 2 saturated heterocycles. The zero-order chi connectivity index (χ0) is 16.4. The molecule has 1 aromatic heterocycles. The van der Waals surface area contributed by atoms with Crippen molar-refractivity contribution in [2.75, 3.05) is 32.7 Å². The van der Waals surface area contributed by atoms with Crippen LogP contribution in [0, 0.1) is 0 Å². The maximum absolute atomic E-state index is 12.8. The molecule has 3 rings (SSSR count). The highest BCUT2D eigenvalue weighted by molar-refractivity contribution is 7.92. The number of carbonyl (C=O) groups excluding carboxylic acids is 2. The Labute approximate surface area is 139 Å². The van der Waals surface area contributed by atoms with Gasteiger partial charge < -0.3 is 15.1 Å². The van der Waals surface area contributed by atoms with Crippen molar-refractivity contribution >= 4 is 33.0 Å². The Hall–Kier alpha value is -1.45. The van der Waals surface area contributed by atoms with Crippen LogP contribution in [0.25, 0.3) is 0 Å². The SMILES string of the molecule is O=C1CCCN1CC(=O)N1CCNCC1S(=O)(=O)c1ccsc1. The topological polar surface area (TPSA) is 86.8 Å². The highest BCUT2D eigenvalue weighted by Crippen LogP contribution is 2.23. The van der Waals surface area contributed by atoms with E-state index in [1.54, 1.807) is 16.8 Å². The second kappa shape index (κ2) is 6.58. The second-order valence-corrected chi connectivity index (χ2v) is 8.55. The summed E-state index contributed by atoms with van der Waals surface area (Å²) < 4.78 is 25.5. The van der Waals surface area contributed by atoms with Crippen LogP contribution < -0.4 is 5.32 Å². The molecule has 9 heteroatoms. The molecule has 3 heterocycles. The van der Waals surface area contributed by atoms with Crippen LogP contribution >= 0.6 is 11.3 Å². The number of carbonyl (C=O) groups is 2. The molecule has 0 radical (unpaired) electrons. The lowest BCUT2D eigenvalue weighted by molar-refractivity contribution is -0.139. The fourth-order valence-electron chi connectivity index (χ4n) is 2.94. The third kappa shape index (κ3) is 3.26. The molecular weight excluding hydrogens is 338 g/mol. The second-order valence-electron chi connectivity index (χ2n) is 5.67. The van der Waals surface area contributed by atoms with Crippen molar-refractivity contribution in [2.45, 2.75) is 23.1 Å². The van der Waals surface area contributed by atoms with Crippen molar-refractivity contribution < 1.29 is 18.0 Å².